The van der Waals surface area contributed by atoms with E-state index in [4.69, 9.17) is 23.8 Å². The van der Waals surface area contributed by atoms with E-state index in [1.807, 2.05) is 67.0 Å². The van der Waals surface area contributed by atoms with Gasteiger partial charge in [0, 0.05) is 23.1 Å². The second kappa shape index (κ2) is 5.79. The minimum Gasteiger partial charge on any atom is -0.304 e. The minimum atomic E-state index is -0.810. The van der Waals surface area contributed by atoms with E-state index in [2.05, 4.69) is 5.10 Å². The average molecular weight is 385 g/mol. The van der Waals surface area contributed by atoms with Gasteiger partial charge in [-0.2, -0.15) is 5.10 Å². The van der Waals surface area contributed by atoms with Crippen LogP contribution >= 0.6 is 23.8 Å². The molecule has 1 aliphatic rings. The van der Waals surface area contributed by atoms with Crippen LogP contribution in [0.4, 0.5) is 11.4 Å². The second-order valence-electron chi connectivity index (χ2n) is 6.81. The summed E-state index contributed by atoms with van der Waals surface area (Å²) in [5.74, 6) is -0.0870. The Hall–Kier alpha value is -2.44. The Bertz CT molecular complexity index is 1060. The Labute approximate surface area is 161 Å². The maximum absolute atomic E-state index is 13.1. The van der Waals surface area contributed by atoms with E-state index in [0.717, 1.165) is 16.6 Å². The van der Waals surface area contributed by atoms with Crippen LogP contribution in [0.15, 0.2) is 48.7 Å². The van der Waals surface area contributed by atoms with Gasteiger partial charge in [-0.15, -0.1) is 0 Å². The molecule has 132 valence electrons. The third kappa shape index (κ3) is 2.40. The lowest BCUT2D eigenvalue weighted by Gasteiger charge is -2.29. The molecular weight excluding hydrogens is 368 g/mol. The van der Waals surface area contributed by atoms with E-state index in [1.165, 1.54) is 0 Å². The lowest BCUT2D eigenvalue weighted by atomic mass is 10.0. The van der Waals surface area contributed by atoms with Gasteiger partial charge in [-0.25, -0.2) is 0 Å². The SMILES string of the molecule is Cn1ncc2cc(N3C(=S)N(c4cccc(Cl)c4)C(=O)C3(C)C)ccc21. The minimum absolute atomic E-state index is 0.0870. The second-order valence-corrected chi connectivity index (χ2v) is 7.61. The number of carbonyl (C=O) groups is 1. The van der Waals surface area contributed by atoms with Crippen molar-refractivity contribution in [2.45, 2.75) is 19.4 Å². The molecule has 26 heavy (non-hydrogen) atoms. The highest BCUT2D eigenvalue weighted by Crippen LogP contribution is 2.37. The maximum Gasteiger partial charge on any atom is 0.259 e. The predicted molar refractivity (Wildman–Crippen MR) is 109 cm³/mol. The van der Waals surface area contributed by atoms with Gasteiger partial charge in [-0.3, -0.25) is 14.4 Å². The maximum atomic E-state index is 13.1. The van der Waals surface area contributed by atoms with E-state index < -0.39 is 5.54 Å². The molecule has 0 saturated carbocycles. The molecule has 4 rings (SSSR count). The summed E-state index contributed by atoms with van der Waals surface area (Å²) >= 11 is 11.8. The first-order valence-electron chi connectivity index (χ1n) is 8.17. The summed E-state index contributed by atoms with van der Waals surface area (Å²) in [7, 11) is 1.90. The number of rotatable bonds is 2. The van der Waals surface area contributed by atoms with Gasteiger partial charge in [0.1, 0.15) is 5.54 Å². The zero-order valence-electron chi connectivity index (χ0n) is 14.6. The van der Waals surface area contributed by atoms with Crippen molar-refractivity contribution in [2.75, 3.05) is 9.80 Å². The molecule has 2 heterocycles. The number of benzene rings is 2. The standard InChI is InChI=1S/C19H17ClN4OS/c1-19(2)17(25)23(14-6-4-5-13(20)10-14)18(26)24(19)15-7-8-16-12(9-15)11-21-22(16)3/h4-11H,1-3H3. The molecule has 1 aliphatic heterocycles. The first kappa shape index (κ1) is 17.0. The zero-order valence-corrected chi connectivity index (χ0v) is 16.2. The molecule has 7 heteroatoms. The zero-order chi connectivity index (χ0) is 18.6. The number of aromatic nitrogens is 2. The summed E-state index contributed by atoms with van der Waals surface area (Å²) in [5.41, 5.74) is 1.74. The van der Waals surface area contributed by atoms with Crippen molar-refractivity contribution in [1.29, 1.82) is 0 Å². The number of carbonyl (C=O) groups excluding carboxylic acids is 1. The largest absolute Gasteiger partial charge is 0.304 e. The number of anilines is 2. The van der Waals surface area contributed by atoms with Gasteiger partial charge in [0.05, 0.1) is 17.4 Å². The summed E-state index contributed by atoms with van der Waals surface area (Å²) in [6, 6.07) is 13.1. The molecule has 0 aliphatic carbocycles. The smallest absolute Gasteiger partial charge is 0.259 e. The number of fused-ring (bicyclic) bond motifs is 1. The monoisotopic (exact) mass is 384 g/mol. The number of nitrogens with zero attached hydrogens (tertiary/aromatic N) is 4. The first-order valence-corrected chi connectivity index (χ1v) is 8.95. The number of thiocarbonyl (C=S) groups is 1. The topological polar surface area (TPSA) is 41.4 Å². The quantitative estimate of drug-likeness (QED) is 0.622. The van der Waals surface area contributed by atoms with Crippen LogP contribution in [0.25, 0.3) is 10.9 Å². The van der Waals surface area contributed by atoms with Gasteiger partial charge in [0.2, 0.25) is 0 Å². The number of aryl methyl sites for hydroxylation is 1. The molecule has 0 spiro atoms. The molecular formula is C19H17ClN4OS. The molecule has 0 unspecified atom stereocenters. The van der Waals surface area contributed by atoms with E-state index in [9.17, 15) is 4.79 Å². The fraction of sp³-hybridized carbons (Fsp3) is 0.211. The summed E-state index contributed by atoms with van der Waals surface area (Å²) in [6.45, 7) is 3.75. The molecule has 1 saturated heterocycles. The van der Waals surface area contributed by atoms with E-state index in [1.54, 1.807) is 17.0 Å². The molecule has 1 amide bonds. The molecule has 0 bridgehead atoms. The third-order valence-corrected chi connectivity index (χ3v) is 5.32. The van der Waals surface area contributed by atoms with Crippen molar-refractivity contribution in [3.63, 3.8) is 0 Å². The number of hydrogen-bond acceptors (Lipinski definition) is 3. The Morgan fingerprint density at radius 1 is 1.12 bits per heavy atom. The molecule has 2 aromatic carbocycles. The Morgan fingerprint density at radius 2 is 1.88 bits per heavy atom. The number of hydrogen-bond donors (Lipinski definition) is 0. The molecule has 5 nitrogen and oxygen atoms in total. The van der Waals surface area contributed by atoms with Gasteiger partial charge in [0.15, 0.2) is 5.11 Å². The van der Waals surface area contributed by atoms with Crippen molar-refractivity contribution in [3.8, 4) is 0 Å². The van der Waals surface area contributed by atoms with Gasteiger partial charge in [0.25, 0.3) is 5.91 Å². The van der Waals surface area contributed by atoms with Crippen LogP contribution < -0.4 is 9.80 Å². The highest BCUT2D eigenvalue weighted by atomic mass is 35.5. The molecule has 0 atom stereocenters. The molecule has 0 radical (unpaired) electrons. The summed E-state index contributed by atoms with van der Waals surface area (Å²) in [4.78, 5) is 16.6. The Morgan fingerprint density at radius 3 is 2.62 bits per heavy atom. The van der Waals surface area contributed by atoms with Crippen molar-refractivity contribution >= 4 is 57.1 Å². The van der Waals surface area contributed by atoms with Crippen LogP contribution in [-0.2, 0) is 11.8 Å². The highest BCUT2D eigenvalue weighted by Gasteiger charge is 2.50. The van der Waals surface area contributed by atoms with Crippen LogP contribution in [0.5, 0.6) is 0 Å². The van der Waals surface area contributed by atoms with Crippen molar-refractivity contribution in [3.05, 3.63) is 53.7 Å². The molecule has 0 N–H and O–H groups in total. The van der Waals surface area contributed by atoms with Gasteiger partial charge >= 0.3 is 0 Å². The van der Waals surface area contributed by atoms with Crippen molar-refractivity contribution < 1.29 is 4.79 Å². The molecule has 1 fully saturated rings. The van der Waals surface area contributed by atoms with Crippen LogP contribution in [0, 0.1) is 0 Å². The normalized spacial score (nSPS) is 16.8. The Balaban J connectivity index is 1.82. The highest BCUT2D eigenvalue weighted by molar-refractivity contribution is 7.81. The summed E-state index contributed by atoms with van der Waals surface area (Å²) < 4.78 is 1.82. The Kier molecular flexibility index (Phi) is 3.78. The van der Waals surface area contributed by atoms with Crippen LogP contribution in [0.1, 0.15) is 13.8 Å². The summed E-state index contributed by atoms with van der Waals surface area (Å²) in [5, 5.41) is 6.27. The van der Waals surface area contributed by atoms with Crippen LogP contribution in [0.2, 0.25) is 5.02 Å². The fourth-order valence-corrected chi connectivity index (χ4v) is 4.07. The fourth-order valence-electron chi connectivity index (χ4n) is 3.36. The van der Waals surface area contributed by atoms with Crippen LogP contribution in [-0.4, -0.2) is 26.3 Å². The third-order valence-electron chi connectivity index (χ3n) is 4.72. The predicted octanol–water partition coefficient (Wildman–Crippen LogP) is 4.14. The van der Waals surface area contributed by atoms with Crippen molar-refractivity contribution in [2.24, 2.45) is 7.05 Å². The average Bonchev–Trinajstić information content (AvgIpc) is 3.03. The number of amides is 1. The lowest BCUT2D eigenvalue weighted by Crippen LogP contribution is -2.44. The van der Waals surface area contributed by atoms with Crippen molar-refractivity contribution in [1.82, 2.24) is 9.78 Å². The van der Waals surface area contributed by atoms with Crippen LogP contribution in [0.3, 0.4) is 0 Å². The first-order chi connectivity index (χ1) is 12.3. The van der Waals surface area contributed by atoms with Gasteiger partial charge < -0.3 is 4.90 Å². The van der Waals surface area contributed by atoms with Gasteiger partial charge in [-0.1, -0.05) is 17.7 Å². The van der Waals surface area contributed by atoms with E-state index >= 15 is 0 Å². The molecule has 1 aromatic heterocycles. The summed E-state index contributed by atoms with van der Waals surface area (Å²) in [6.07, 6.45) is 1.81. The molecule has 3 aromatic rings. The number of halogens is 1. The van der Waals surface area contributed by atoms with Gasteiger partial charge in [-0.05, 0) is 62.5 Å². The van der Waals surface area contributed by atoms with E-state index in [-0.39, 0.29) is 5.91 Å². The lowest BCUT2D eigenvalue weighted by molar-refractivity contribution is -0.120. The van der Waals surface area contributed by atoms with E-state index in [0.29, 0.717) is 15.8 Å².